The highest BCUT2D eigenvalue weighted by atomic mass is 79.9. The maximum Gasteiger partial charge on any atom is 0.271 e. The van der Waals surface area contributed by atoms with E-state index in [9.17, 15) is 9.59 Å². The summed E-state index contributed by atoms with van der Waals surface area (Å²) in [6.07, 6.45) is 1.73. The van der Waals surface area contributed by atoms with Crippen LogP contribution in [0, 0.1) is 6.92 Å². The van der Waals surface area contributed by atoms with E-state index in [0.29, 0.717) is 53.0 Å². The number of carbonyl (C=O) groups is 2. The largest absolute Gasteiger partial charge is 0.482 e. The number of nitrogens with one attached hydrogen (secondary N) is 1. The highest BCUT2D eigenvalue weighted by molar-refractivity contribution is 9.11. The molecule has 0 radical (unpaired) electrons. The summed E-state index contributed by atoms with van der Waals surface area (Å²) in [6, 6.07) is 25.1. The lowest BCUT2D eigenvalue weighted by atomic mass is 10.1. The van der Waals surface area contributed by atoms with Crippen LogP contribution in [0.3, 0.4) is 0 Å². The highest BCUT2D eigenvalue weighted by Crippen LogP contribution is 2.41. The number of halogens is 4. The molecule has 4 aromatic rings. The van der Waals surface area contributed by atoms with Gasteiger partial charge in [-0.05, 0) is 119 Å². The Labute approximate surface area is 274 Å². The number of amidine groups is 1. The summed E-state index contributed by atoms with van der Waals surface area (Å²) in [5.41, 5.74) is 3.57. The van der Waals surface area contributed by atoms with Gasteiger partial charge in [0.1, 0.15) is 5.75 Å². The van der Waals surface area contributed by atoms with Crippen LogP contribution < -0.4 is 15.0 Å². The minimum Gasteiger partial charge on any atom is -0.482 e. The third-order valence-corrected chi connectivity index (χ3v) is 8.44. The van der Waals surface area contributed by atoms with Gasteiger partial charge in [0.15, 0.2) is 11.8 Å². The van der Waals surface area contributed by atoms with Gasteiger partial charge in [-0.25, -0.2) is 4.99 Å². The second-order valence-electron chi connectivity index (χ2n) is 9.11. The summed E-state index contributed by atoms with van der Waals surface area (Å²) in [5.74, 6) is -0.166. The zero-order valence-corrected chi connectivity index (χ0v) is 27.4. The van der Waals surface area contributed by atoms with E-state index in [1.165, 1.54) is 16.7 Å². The van der Waals surface area contributed by atoms with Crippen molar-refractivity contribution in [2.45, 2.75) is 6.92 Å². The van der Waals surface area contributed by atoms with Crippen molar-refractivity contribution >= 4 is 107 Å². The molecule has 5 rings (SSSR count). The molecule has 212 valence electrons. The fourth-order valence-electron chi connectivity index (χ4n) is 4.03. The SMILES string of the molecule is Cc1cccc(NC(=O)COc2c(Br)cc(Br)cc2/C=C2\SC(=Nc3ccc(Cl)cc3)N(c3ccc(Cl)cc3)C2=O)c1. The van der Waals surface area contributed by atoms with Crippen molar-refractivity contribution in [3.8, 4) is 5.75 Å². The zero-order chi connectivity index (χ0) is 29.8. The average molecular weight is 746 g/mol. The number of aryl methyl sites for hydroxylation is 1. The molecule has 2 amide bonds. The number of rotatable bonds is 7. The molecule has 0 spiro atoms. The monoisotopic (exact) mass is 743 g/mol. The molecule has 1 heterocycles. The van der Waals surface area contributed by atoms with Crippen molar-refractivity contribution in [2.75, 3.05) is 16.8 Å². The summed E-state index contributed by atoms with van der Waals surface area (Å²) >= 11 is 20.4. The Kier molecular flexibility index (Phi) is 9.75. The molecule has 0 aromatic heterocycles. The number of ether oxygens (including phenoxy) is 1. The predicted octanol–water partition coefficient (Wildman–Crippen LogP) is 9.65. The zero-order valence-electron chi connectivity index (χ0n) is 21.9. The molecule has 1 aliphatic heterocycles. The van der Waals surface area contributed by atoms with Gasteiger partial charge in [-0.3, -0.25) is 14.5 Å². The first-order valence-electron chi connectivity index (χ1n) is 12.5. The summed E-state index contributed by atoms with van der Waals surface area (Å²) in [5, 5.41) is 4.45. The van der Waals surface area contributed by atoms with Gasteiger partial charge in [-0.15, -0.1) is 0 Å². The molecule has 0 aliphatic carbocycles. The van der Waals surface area contributed by atoms with Crippen LogP contribution >= 0.6 is 66.8 Å². The molecule has 1 aliphatic rings. The normalized spacial score (nSPS) is 15.0. The van der Waals surface area contributed by atoms with Crippen LogP contribution in [0.15, 0.2) is 104 Å². The van der Waals surface area contributed by atoms with E-state index in [1.807, 2.05) is 43.3 Å². The van der Waals surface area contributed by atoms with Crippen LogP contribution in [0.5, 0.6) is 5.75 Å². The number of amides is 2. The van der Waals surface area contributed by atoms with E-state index < -0.39 is 0 Å². The van der Waals surface area contributed by atoms with Crippen molar-refractivity contribution in [3.63, 3.8) is 0 Å². The summed E-state index contributed by atoms with van der Waals surface area (Å²) in [7, 11) is 0. The summed E-state index contributed by atoms with van der Waals surface area (Å²) < 4.78 is 7.35. The summed E-state index contributed by atoms with van der Waals surface area (Å²) in [6.45, 7) is 1.72. The Hall–Kier alpha value is -3.08. The van der Waals surface area contributed by atoms with Gasteiger partial charge in [0.05, 0.1) is 20.8 Å². The lowest BCUT2D eigenvalue weighted by Gasteiger charge is -2.16. The molecule has 1 N–H and O–H groups in total. The number of benzene rings is 4. The standard InChI is InChI=1S/C31H21Br2Cl2N3O3S/c1-18-3-2-4-24(13-18)36-28(39)17-41-29-19(14-20(32)16-26(29)33)15-27-30(40)38(25-11-7-22(35)8-12-25)31(42-27)37-23-9-5-21(34)6-10-23/h2-16H,17H2,1H3,(H,36,39)/b27-15-,37-31?. The van der Waals surface area contributed by atoms with E-state index >= 15 is 0 Å². The van der Waals surface area contributed by atoms with E-state index in [4.69, 9.17) is 32.9 Å². The molecule has 1 saturated heterocycles. The highest BCUT2D eigenvalue weighted by Gasteiger charge is 2.35. The van der Waals surface area contributed by atoms with E-state index in [1.54, 1.807) is 54.6 Å². The Morgan fingerprint density at radius 2 is 1.69 bits per heavy atom. The van der Waals surface area contributed by atoms with E-state index in [-0.39, 0.29) is 18.4 Å². The van der Waals surface area contributed by atoms with E-state index in [2.05, 4.69) is 37.2 Å². The fraction of sp³-hybridized carbons (Fsp3) is 0.0645. The maximum absolute atomic E-state index is 13.8. The van der Waals surface area contributed by atoms with Gasteiger partial charge in [-0.2, -0.15) is 0 Å². The number of hydrogen-bond acceptors (Lipinski definition) is 5. The minimum absolute atomic E-state index is 0.231. The van der Waals surface area contributed by atoms with E-state index in [0.717, 1.165) is 10.0 Å². The number of carbonyl (C=O) groups excluding carboxylic acids is 2. The number of hydrogen-bond donors (Lipinski definition) is 1. The van der Waals surface area contributed by atoms with Gasteiger partial charge in [-0.1, -0.05) is 51.3 Å². The smallest absolute Gasteiger partial charge is 0.271 e. The first kappa shape index (κ1) is 30.4. The third-order valence-electron chi connectivity index (χ3n) is 5.92. The molecule has 1 fully saturated rings. The van der Waals surface area contributed by atoms with Crippen molar-refractivity contribution in [2.24, 2.45) is 4.99 Å². The third kappa shape index (κ3) is 7.46. The number of aliphatic imine (C=N–C) groups is 1. The molecule has 6 nitrogen and oxygen atoms in total. The van der Waals surface area contributed by atoms with Gasteiger partial charge in [0, 0.05) is 25.8 Å². The van der Waals surface area contributed by atoms with Crippen LogP contribution in [0.1, 0.15) is 11.1 Å². The van der Waals surface area contributed by atoms with Gasteiger partial charge in [0.25, 0.3) is 11.8 Å². The van der Waals surface area contributed by atoms with Crippen LogP contribution in [0.2, 0.25) is 10.0 Å². The number of nitrogens with zero attached hydrogens (tertiary/aromatic N) is 2. The number of thioether (sulfide) groups is 1. The summed E-state index contributed by atoms with van der Waals surface area (Å²) in [4.78, 5) is 33.2. The quantitative estimate of drug-likeness (QED) is 0.191. The molecular weight excluding hydrogens is 725 g/mol. The van der Waals surface area contributed by atoms with Gasteiger partial charge in [0.2, 0.25) is 0 Å². The first-order chi connectivity index (χ1) is 20.2. The Balaban J connectivity index is 1.46. The Bertz CT molecular complexity index is 1730. The predicted molar refractivity (Wildman–Crippen MR) is 180 cm³/mol. The van der Waals surface area contributed by atoms with Crippen LogP contribution in [0.25, 0.3) is 6.08 Å². The molecular formula is C31H21Br2Cl2N3O3S. The van der Waals surface area contributed by atoms with Crippen molar-refractivity contribution < 1.29 is 14.3 Å². The topological polar surface area (TPSA) is 71.0 Å². The molecule has 11 heteroatoms. The molecule has 0 unspecified atom stereocenters. The number of anilines is 2. The second kappa shape index (κ2) is 13.5. The lowest BCUT2D eigenvalue weighted by Crippen LogP contribution is -2.28. The van der Waals surface area contributed by atoms with Crippen molar-refractivity contribution in [3.05, 3.63) is 120 Å². The average Bonchev–Trinajstić information content (AvgIpc) is 3.24. The van der Waals surface area contributed by atoms with Crippen molar-refractivity contribution in [1.29, 1.82) is 0 Å². The van der Waals surface area contributed by atoms with Crippen LogP contribution in [-0.2, 0) is 9.59 Å². The Morgan fingerprint density at radius 3 is 2.38 bits per heavy atom. The van der Waals surface area contributed by atoms with Gasteiger partial charge >= 0.3 is 0 Å². The second-order valence-corrected chi connectivity index (χ2v) is 12.8. The molecule has 4 aromatic carbocycles. The lowest BCUT2D eigenvalue weighted by molar-refractivity contribution is -0.118. The maximum atomic E-state index is 13.8. The fourth-order valence-corrected chi connectivity index (χ4v) is 6.65. The molecule has 0 bridgehead atoms. The molecule has 42 heavy (non-hydrogen) atoms. The molecule has 0 atom stereocenters. The van der Waals surface area contributed by atoms with Crippen molar-refractivity contribution in [1.82, 2.24) is 0 Å². The molecule has 0 saturated carbocycles. The van der Waals surface area contributed by atoms with Gasteiger partial charge < -0.3 is 10.1 Å². The van der Waals surface area contributed by atoms with Crippen LogP contribution in [-0.4, -0.2) is 23.6 Å². The first-order valence-corrected chi connectivity index (χ1v) is 15.6. The minimum atomic E-state index is -0.313. The Morgan fingerprint density at radius 1 is 1.00 bits per heavy atom. The van der Waals surface area contributed by atoms with Crippen LogP contribution in [0.4, 0.5) is 17.1 Å².